The van der Waals surface area contributed by atoms with Crippen molar-refractivity contribution >= 4 is 23.3 Å². The molecule has 36 heavy (non-hydrogen) atoms. The number of benzene rings is 1. The minimum absolute atomic E-state index is 0.00888. The third kappa shape index (κ3) is 5.22. The summed E-state index contributed by atoms with van der Waals surface area (Å²) in [7, 11) is 0. The number of hydrogen-bond donors (Lipinski definition) is 1. The molecule has 7 nitrogen and oxygen atoms in total. The summed E-state index contributed by atoms with van der Waals surface area (Å²) >= 11 is 1.27. The van der Waals surface area contributed by atoms with Crippen LogP contribution in [0.15, 0.2) is 30.3 Å². The molecule has 9 heteroatoms. The first-order valence-electron chi connectivity index (χ1n) is 12.0. The van der Waals surface area contributed by atoms with Gasteiger partial charge in [-0.15, -0.1) is 11.3 Å². The predicted octanol–water partition coefficient (Wildman–Crippen LogP) is 5.01. The summed E-state index contributed by atoms with van der Waals surface area (Å²) in [4.78, 5) is 29.1. The molecule has 4 rings (SSSR count). The van der Waals surface area contributed by atoms with E-state index in [9.17, 15) is 19.2 Å². The maximum absolute atomic E-state index is 14.9. The first-order chi connectivity index (χ1) is 17.0. The van der Waals surface area contributed by atoms with Gasteiger partial charge in [-0.3, -0.25) is 9.69 Å². The number of piperidine rings is 1. The zero-order valence-electron chi connectivity index (χ0n) is 20.7. The molecule has 2 bridgehead atoms. The summed E-state index contributed by atoms with van der Waals surface area (Å²) in [6, 6.07) is 10.5. The first-order valence-corrected chi connectivity index (χ1v) is 12.8. The van der Waals surface area contributed by atoms with Crippen molar-refractivity contribution in [2.75, 3.05) is 0 Å². The third-order valence-electron chi connectivity index (χ3n) is 6.84. The van der Waals surface area contributed by atoms with Gasteiger partial charge in [-0.25, -0.2) is 9.18 Å². The van der Waals surface area contributed by atoms with Crippen LogP contribution in [-0.2, 0) is 16.0 Å². The number of carbonyl (C=O) groups excluding carboxylic acids is 2. The molecule has 1 aromatic heterocycles. The van der Waals surface area contributed by atoms with Gasteiger partial charge in [0.25, 0.3) is 0 Å². The number of thiophene rings is 1. The van der Waals surface area contributed by atoms with Gasteiger partial charge < -0.3 is 10.1 Å². The molecule has 1 saturated carbocycles. The second kappa shape index (κ2) is 9.91. The topological polar surface area (TPSA) is 106 Å². The normalized spacial score (nSPS) is 23.6. The van der Waals surface area contributed by atoms with Crippen LogP contribution in [0.5, 0.6) is 0 Å². The Hall–Kier alpha value is -3.43. The van der Waals surface area contributed by atoms with E-state index in [4.69, 9.17) is 10.00 Å². The summed E-state index contributed by atoms with van der Waals surface area (Å²) in [5.41, 5.74) is 0.251. The van der Waals surface area contributed by atoms with E-state index in [0.29, 0.717) is 16.0 Å². The quantitative estimate of drug-likeness (QED) is 0.611. The number of nitrogens with one attached hydrogen (secondary N) is 1. The van der Waals surface area contributed by atoms with E-state index >= 15 is 0 Å². The van der Waals surface area contributed by atoms with Gasteiger partial charge in [0.05, 0.1) is 6.07 Å². The largest absolute Gasteiger partial charge is 0.444 e. The van der Waals surface area contributed by atoms with Crippen LogP contribution >= 0.6 is 11.3 Å². The van der Waals surface area contributed by atoms with Crippen LogP contribution in [0.2, 0.25) is 0 Å². The molecular weight excluding hydrogens is 479 g/mol. The molecule has 2 heterocycles. The van der Waals surface area contributed by atoms with Crippen molar-refractivity contribution in [2.45, 2.75) is 70.7 Å². The molecule has 1 N–H and O–H groups in total. The van der Waals surface area contributed by atoms with E-state index in [-0.39, 0.29) is 24.3 Å². The number of nitriles is 2. The molecule has 188 valence electrons. The van der Waals surface area contributed by atoms with Gasteiger partial charge in [0.15, 0.2) is 0 Å². The Bertz CT molecular complexity index is 1250. The zero-order chi connectivity index (χ0) is 26.2. The number of rotatable bonds is 5. The second-order valence-corrected chi connectivity index (χ2v) is 11.7. The lowest BCUT2D eigenvalue weighted by atomic mass is 9.88. The number of fused-ring (bicyclic) bond motifs is 2. The first kappa shape index (κ1) is 25.7. The van der Waals surface area contributed by atoms with Gasteiger partial charge >= 0.3 is 6.09 Å². The summed E-state index contributed by atoms with van der Waals surface area (Å²) < 4.78 is 20.5. The molecule has 2 aliphatic rings. The van der Waals surface area contributed by atoms with Crippen LogP contribution < -0.4 is 5.32 Å². The second-order valence-electron chi connectivity index (χ2n) is 10.6. The SMILES string of the molecule is CC1CC2CC1C(C(=O)N[C@H](C#N)Cc1ccc(-c3ccc(C#N)s3)cc1F)N2C(=O)OC(C)(C)C. The van der Waals surface area contributed by atoms with Gasteiger partial charge in [-0.05, 0) is 74.8 Å². The minimum atomic E-state index is -0.959. The summed E-state index contributed by atoms with van der Waals surface area (Å²) in [6.45, 7) is 7.42. The Balaban J connectivity index is 1.47. The molecule has 4 unspecified atom stereocenters. The molecule has 0 radical (unpaired) electrons. The minimum Gasteiger partial charge on any atom is -0.444 e. The highest BCUT2D eigenvalue weighted by molar-refractivity contribution is 7.16. The Morgan fingerprint density at radius 2 is 2.00 bits per heavy atom. The van der Waals surface area contributed by atoms with Crippen LogP contribution in [0.4, 0.5) is 9.18 Å². The number of hydrogen-bond acceptors (Lipinski definition) is 6. The van der Waals surface area contributed by atoms with Gasteiger partial charge in [-0.2, -0.15) is 10.5 Å². The van der Waals surface area contributed by atoms with Crippen LogP contribution in [0, 0.1) is 40.3 Å². The fourth-order valence-corrected chi connectivity index (χ4v) is 6.07. The number of carbonyl (C=O) groups is 2. The van der Waals surface area contributed by atoms with Gasteiger partial charge in [0.2, 0.25) is 5.91 Å². The Morgan fingerprint density at radius 3 is 2.61 bits per heavy atom. The molecule has 2 amide bonds. The van der Waals surface area contributed by atoms with Gasteiger partial charge in [0.1, 0.15) is 34.4 Å². The average Bonchev–Trinajstić information content (AvgIpc) is 3.52. The van der Waals surface area contributed by atoms with Gasteiger partial charge in [-0.1, -0.05) is 19.1 Å². The fourth-order valence-electron chi connectivity index (χ4n) is 5.27. The average molecular weight is 509 g/mol. The molecule has 1 saturated heterocycles. The van der Waals surface area contributed by atoms with Crippen molar-refractivity contribution in [1.29, 1.82) is 10.5 Å². The molecule has 2 fully saturated rings. The van der Waals surface area contributed by atoms with Crippen molar-refractivity contribution in [3.8, 4) is 22.6 Å². The van der Waals surface area contributed by atoms with Crippen LogP contribution in [0.1, 0.15) is 51.0 Å². The van der Waals surface area contributed by atoms with E-state index in [1.165, 1.54) is 22.3 Å². The maximum Gasteiger partial charge on any atom is 0.411 e. The summed E-state index contributed by atoms with van der Waals surface area (Å²) in [6.07, 6.45) is 1.01. The lowest BCUT2D eigenvalue weighted by molar-refractivity contribution is -0.129. The highest BCUT2D eigenvalue weighted by Crippen LogP contribution is 2.46. The molecular formula is C27H29FN4O3S. The molecule has 0 spiro atoms. The Labute approximate surface area is 214 Å². The zero-order valence-corrected chi connectivity index (χ0v) is 21.6. The van der Waals surface area contributed by atoms with Crippen molar-refractivity contribution in [1.82, 2.24) is 10.2 Å². The Kier molecular flexibility index (Phi) is 7.06. The van der Waals surface area contributed by atoms with E-state index in [1.54, 1.807) is 45.0 Å². The van der Waals surface area contributed by atoms with E-state index in [1.807, 2.05) is 0 Å². The van der Waals surface area contributed by atoms with Crippen LogP contribution in [-0.4, -0.2) is 40.6 Å². The standard InChI is InChI=1S/C27H29FN4O3S/c1-15-9-19-12-21(15)24(32(19)26(34)35-27(2,3)4)25(33)31-18(13-29)10-16-5-6-17(11-22(16)28)23-8-7-20(14-30)36-23/h5-8,11,15,18-19,21,24H,9-10,12H2,1-4H3,(H,31,33)/t15?,18-,19?,21?,24?/m0/s1. The van der Waals surface area contributed by atoms with E-state index < -0.39 is 35.5 Å². The smallest absolute Gasteiger partial charge is 0.411 e. The van der Waals surface area contributed by atoms with E-state index in [2.05, 4.69) is 24.4 Å². The molecule has 1 aromatic carbocycles. The van der Waals surface area contributed by atoms with Crippen LogP contribution in [0.25, 0.3) is 10.4 Å². The Morgan fingerprint density at radius 1 is 1.25 bits per heavy atom. The molecule has 1 aliphatic carbocycles. The number of nitrogens with zero attached hydrogens (tertiary/aromatic N) is 3. The molecule has 1 aliphatic heterocycles. The molecule has 2 aromatic rings. The summed E-state index contributed by atoms with van der Waals surface area (Å²) in [5.74, 6) is -0.639. The highest BCUT2D eigenvalue weighted by atomic mass is 32.1. The van der Waals surface area contributed by atoms with Crippen LogP contribution in [0.3, 0.4) is 0 Å². The summed E-state index contributed by atoms with van der Waals surface area (Å²) in [5, 5.41) is 21.5. The van der Waals surface area contributed by atoms with Crippen molar-refractivity contribution in [3.05, 3.63) is 46.6 Å². The van der Waals surface area contributed by atoms with Crippen molar-refractivity contribution in [3.63, 3.8) is 0 Å². The highest BCUT2D eigenvalue weighted by Gasteiger charge is 2.55. The van der Waals surface area contributed by atoms with Crippen molar-refractivity contribution in [2.24, 2.45) is 11.8 Å². The number of amides is 2. The monoisotopic (exact) mass is 508 g/mol. The third-order valence-corrected chi connectivity index (χ3v) is 7.88. The number of likely N-dealkylation sites (tertiary alicyclic amines) is 1. The fraction of sp³-hybridized carbons (Fsp3) is 0.481. The lowest BCUT2D eigenvalue weighted by Crippen LogP contribution is -2.56. The lowest BCUT2D eigenvalue weighted by Gasteiger charge is -2.38. The predicted molar refractivity (Wildman–Crippen MR) is 133 cm³/mol. The van der Waals surface area contributed by atoms with Gasteiger partial charge in [0, 0.05) is 17.3 Å². The number of halogens is 1. The maximum atomic E-state index is 14.9. The van der Waals surface area contributed by atoms with Crippen molar-refractivity contribution < 1.29 is 18.7 Å². The van der Waals surface area contributed by atoms with E-state index in [0.717, 1.165) is 17.7 Å². The number of ether oxygens (including phenoxy) is 1. The molecule has 5 atom stereocenters.